The quantitative estimate of drug-likeness (QED) is 0.873. The highest BCUT2D eigenvalue weighted by Gasteiger charge is 2.28. The number of carbonyl (C=O) groups is 1. The molecule has 6 heteroatoms. The van der Waals surface area contributed by atoms with Crippen LogP contribution in [0.15, 0.2) is 30.5 Å². The standard InChI is InChI=1S/C18H21ClN4O/c19-14-2-3-15-13(11-14)1-4-17(15)21-18(24)23-9-6-12(7-10-23)16-5-8-20-22-16/h2-3,5,8,11-12,17H,1,4,6-7,9-10H2,(H,20,22)(H,21,24)/t17-/m0/s1. The van der Waals surface area contributed by atoms with Gasteiger partial charge in [0, 0.05) is 35.9 Å². The summed E-state index contributed by atoms with van der Waals surface area (Å²) in [5.74, 6) is 0.478. The molecule has 2 aliphatic rings. The van der Waals surface area contributed by atoms with E-state index in [-0.39, 0.29) is 12.1 Å². The van der Waals surface area contributed by atoms with Gasteiger partial charge < -0.3 is 10.2 Å². The Morgan fingerprint density at radius 2 is 2.08 bits per heavy atom. The van der Waals surface area contributed by atoms with E-state index in [0.717, 1.165) is 43.8 Å². The van der Waals surface area contributed by atoms with E-state index in [0.29, 0.717) is 5.92 Å². The number of rotatable bonds is 2. The summed E-state index contributed by atoms with van der Waals surface area (Å²) in [5.41, 5.74) is 3.64. The number of carbonyl (C=O) groups excluding carboxylic acids is 1. The Hall–Kier alpha value is -2.01. The number of nitrogens with one attached hydrogen (secondary N) is 2. The minimum Gasteiger partial charge on any atom is -0.331 e. The molecule has 2 amide bonds. The second kappa shape index (κ2) is 6.48. The highest BCUT2D eigenvalue weighted by Crippen LogP contribution is 2.33. The van der Waals surface area contributed by atoms with Crippen molar-refractivity contribution in [2.45, 2.75) is 37.6 Å². The first-order valence-electron chi connectivity index (χ1n) is 8.54. The Kier molecular flexibility index (Phi) is 4.19. The Morgan fingerprint density at radius 3 is 2.83 bits per heavy atom. The fraction of sp³-hybridized carbons (Fsp3) is 0.444. The summed E-state index contributed by atoms with van der Waals surface area (Å²) in [5, 5.41) is 11.0. The Balaban J connectivity index is 1.35. The second-order valence-electron chi connectivity index (χ2n) is 6.66. The average Bonchev–Trinajstić information content (AvgIpc) is 3.25. The summed E-state index contributed by atoms with van der Waals surface area (Å²) in [6.45, 7) is 1.57. The molecule has 0 radical (unpaired) electrons. The van der Waals surface area contributed by atoms with Crippen LogP contribution in [0.2, 0.25) is 5.02 Å². The summed E-state index contributed by atoms with van der Waals surface area (Å²) in [4.78, 5) is 14.5. The SMILES string of the molecule is O=C(N[C@H]1CCc2cc(Cl)ccc21)N1CCC(c2ccn[nH]2)CC1. The number of urea groups is 1. The van der Waals surface area contributed by atoms with E-state index in [1.54, 1.807) is 6.20 Å². The highest BCUT2D eigenvalue weighted by molar-refractivity contribution is 6.30. The molecule has 24 heavy (non-hydrogen) atoms. The number of likely N-dealkylation sites (tertiary alicyclic amines) is 1. The van der Waals surface area contributed by atoms with Crippen molar-refractivity contribution < 1.29 is 4.79 Å². The molecular formula is C18H21ClN4O. The van der Waals surface area contributed by atoms with Gasteiger partial charge in [0.05, 0.1) is 6.04 Å². The predicted molar refractivity (Wildman–Crippen MR) is 93.2 cm³/mol. The summed E-state index contributed by atoms with van der Waals surface area (Å²) in [7, 11) is 0. The van der Waals surface area contributed by atoms with E-state index in [9.17, 15) is 4.79 Å². The number of H-pyrrole nitrogens is 1. The Bertz CT molecular complexity index is 723. The van der Waals surface area contributed by atoms with Crippen molar-refractivity contribution in [3.05, 3.63) is 52.3 Å². The molecule has 4 rings (SSSR count). The zero-order valence-corrected chi connectivity index (χ0v) is 14.2. The van der Waals surface area contributed by atoms with Gasteiger partial charge in [-0.2, -0.15) is 5.10 Å². The molecule has 0 saturated carbocycles. The molecule has 0 spiro atoms. The van der Waals surface area contributed by atoms with Gasteiger partial charge >= 0.3 is 6.03 Å². The van der Waals surface area contributed by atoms with Crippen molar-refractivity contribution in [2.24, 2.45) is 0 Å². The van der Waals surface area contributed by atoms with Gasteiger partial charge in [0.25, 0.3) is 0 Å². The molecule has 2 N–H and O–H groups in total. The summed E-state index contributed by atoms with van der Waals surface area (Å²) >= 11 is 6.05. The van der Waals surface area contributed by atoms with Crippen molar-refractivity contribution in [3.8, 4) is 0 Å². The van der Waals surface area contributed by atoms with Gasteiger partial charge in [-0.1, -0.05) is 17.7 Å². The monoisotopic (exact) mass is 344 g/mol. The van der Waals surface area contributed by atoms with Crippen molar-refractivity contribution in [1.82, 2.24) is 20.4 Å². The molecular weight excluding hydrogens is 324 g/mol. The number of aromatic amines is 1. The van der Waals surface area contributed by atoms with E-state index in [1.807, 2.05) is 29.2 Å². The second-order valence-corrected chi connectivity index (χ2v) is 7.09. The van der Waals surface area contributed by atoms with Crippen LogP contribution < -0.4 is 5.32 Å². The van der Waals surface area contributed by atoms with Crippen molar-refractivity contribution in [2.75, 3.05) is 13.1 Å². The zero-order valence-electron chi connectivity index (χ0n) is 13.5. The van der Waals surface area contributed by atoms with Crippen LogP contribution in [0.1, 0.15) is 48.0 Å². The number of fused-ring (bicyclic) bond motifs is 1. The molecule has 126 valence electrons. The van der Waals surface area contributed by atoms with Gasteiger partial charge in [-0.05, 0) is 55.0 Å². The number of nitrogens with zero attached hydrogens (tertiary/aromatic N) is 2. The predicted octanol–water partition coefficient (Wildman–Crippen LogP) is 3.64. The zero-order chi connectivity index (χ0) is 16.5. The first-order valence-corrected chi connectivity index (χ1v) is 8.91. The molecule has 1 aromatic carbocycles. The van der Waals surface area contributed by atoms with Gasteiger partial charge in [-0.3, -0.25) is 5.10 Å². The first-order chi connectivity index (χ1) is 11.7. The number of amides is 2. The largest absolute Gasteiger partial charge is 0.331 e. The maximum Gasteiger partial charge on any atom is 0.317 e. The lowest BCUT2D eigenvalue weighted by Gasteiger charge is -2.32. The number of halogens is 1. The fourth-order valence-electron chi connectivity index (χ4n) is 3.86. The van der Waals surface area contributed by atoms with Gasteiger partial charge in [0.1, 0.15) is 0 Å². The normalized spacial score (nSPS) is 20.9. The van der Waals surface area contributed by atoms with Crippen molar-refractivity contribution in [1.29, 1.82) is 0 Å². The molecule has 1 aliphatic carbocycles. The van der Waals surface area contributed by atoms with Crippen LogP contribution in [0.4, 0.5) is 4.79 Å². The van der Waals surface area contributed by atoms with Crippen LogP contribution >= 0.6 is 11.6 Å². The van der Waals surface area contributed by atoms with Crippen molar-refractivity contribution in [3.63, 3.8) is 0 Å². The number of benzene rings is 1. The van der Waals surface area contributed by atoms with E-state index in [1.165, 1.54) is 16.8 Å². The Morgan fingerprint density at radius 1 is 1.25 bits per heavy atom. The third-order valence-electron chi connectivity index (χ3n) is 5.22. The molecule has 1 fully saturated rings. The van der Waals surface area contributed by atoms with Crippen LogP contribution in [-0.4, -0.2) is 34.2 Å². The molecule has 0 unspecified atom stereocenters. The maximum atomic E-state index is 12.6. The minimum atomic E-state index is 0.0471. The molecule has 0 bridgehead atoms. The lowest BCUT2D eigenvalue weighted by molar-refractivity contribution is 0.177. The van der Waals surface area contributed by atoms with Crippen molar-refractivity contribution >= 4 is 17.6 Å². The summed E-state index contributed by atoms with van der Waals surface area (Å²) < 4.78 is 0. The minimum absolute atomic E-state index is 0.0471. The van der Waals surface area contributed by atoms with Crippen LogP contribution in [0.25, 0.3) is 0 Å². The third kappa shape index (κ3) is 3.00. The van der Waals surface area contributed by atoms with E-state index >= 15 is 0 Å². The third-order valence-corrected chi connectivity index (χ3v) is 5.46. The number of aromatic nitrogens is 2. The van der Waals surface area contributed by atoms with Crippen LogP contribution in [-0.2, 0) is 6.42 Å². The van der Waals surface area contributed by atoms with E-state index in [4.69, 9.17) is 11.6 Å². The highest BCUT2D eigenvalue weighted by atomic mass is 35.5. The lowest BCUT2D eigenvalue weighted by Crippen LogP contribution is -2.45. The summed E-state index contributed by atoms with van der Waals surface area (Å²) in [6, 6.07) is 8.14. The van der Waals surface area contributed by atoms with Crippen LogP contribution in [0, 0.1) is 0 Å². The van der Waals surface area contributed by atoms with Gasteiger partial charge in [-0.15, -0.1) is 0 Å². The molecule has 1 atom stereocenters. The number of hydrogen-bond acceptors (Lipinski definition) is 2. The topological polar surface area (TPSA) is 61.0 Å². The van der Waals surface area contributed by atoms with Gasteiger partial charge in [-0.25, -0.2) is 4.79 Å². The average molecular weight is 345 g/mol. The summed E-state index contributed by atoms with van der Waals surface area (Å²) in [6.07, 6.45) is 5.67. The molecule has 1 saturated heterocycles. The number of aryl methyl sites for hydroxylation is 1. The smallest absolute Gasteiger partial charge is 0.317 e. The Labute approximate surface area is 146 Å². The fourth-order valence-corrected chi connectivity index (χ4v) is 4.06. The van der Waals surface area contributed by atoms with Crippen LogP contribution in [0.3, 0.4) is 0 Å². The van der Waals surface area contributed by atoms with Crippen LogP contribution in [0.5, 0.6) is 0 Å². The number of hydrogen-bond donors (Lipinski definition) is 2. The first kappa shape index (κ1) is 15.5. The van der Waals surface area contributed by atoms with Gasteiger partial charge in [0.2, 0.25) is 0 Å². The molecule has 1 aromatic heterocycles. The molecule has 5 nitrogen and oxygen atoms in total. The number of piperidine rings is 1. The van der Waals surface area contributed by atoms with E-state index < -0.39 is 0 Å². The lowest BCUT2D eigenvalue weighted by atomic mass is 9.94. The molecule has 2 aromatic rings. The molecule has 1 aliphatic heterocycles. The molecule has 2 heterocycles. The maximum absolute atomic E-state index is 12.6. The van der Waals surface area contributed by atoms with Gasteiger partial charge in [0.15, 0.2) is 0 Å². The van der Waals surface area contributed by atoms with E-state index in [2.05, 4.69) is 15.5 Å².